The maximum absolute atomic E-state index is 14.4. The Labute approximate surface area is 292 Å². The number of piperidine rings is 1. The molecule has 3 saturated heterocycles. The summed E-state index contributed by atoms with van der Waals surface area (Å²) < 4.78 is 19.8. The standard InChI is InChI=1S/C37H34Cl2FN3O6/c38-36-18-28-26(11-12-27-30(28)33(46)42(32(27)45)24-14-16-41(17-15-24)19-21-4-2-1-3-5-21)31(29-13-10-25(20-44)49-29)37(36,39)35(48)43(34(36)47)23-8-6-22(40)7-9-23/h1-11,13,24,27-28,30-31,44H,12,14-20H2. The van der Waals surface area contributed by atoms with Crippen LogP contribution in [0.5, 0.6) is 0 Å². The second-order valence-corrected chi connectivity index (χ2v) is 15.0. The number of amides is 4. The number of rotatable bonds is 6. The lowest BCUT2D eigenvalue weighted by Crippen LogP contribution is -2.60. The highest BCUT2D eigenvalue weighted by molar-refractivity contribution is 6.58. The van der Waals surface area contributed by atoms with Crippen molar-refractivity contribution >= 4 is 52.5 Å². The third-order valence-corrected chi connectivity index (χ3v) is 12.6. The molecule has 4 heterocycles. The van der Waals surface area contributed by atoms with Gasteiger partial charge in [-0.05, 0) is 73.6 Å². The van der Waals surface area contributed by atoms with E-state index in [0.717, 1.165) is 36.7 Å². The van der Waals surface area contributed by atoms with Crippen LogP contribution in [0.1, 0.15) is 48.7 Å². The zero-order chi connectivity index (χ0) is 34.2. The van der Waals surface area contributed by atoms with Crippen LogP contribution in [-0.2, 0) is 32.3 Å². The lowest BCUT2D eigenvalue weighted by molar-refractivity contribution is -0.144. The molecule has 9 nitrogen and oxygen atoms in total. The molecule has 49 heavy (non-hydrogen) atoms. The van der Waals surface area contributed by atoms with E-state index in [9.17, 15) is 28.7 Å². The molecular formula is C37H34Cl2FN3O6. The summed E-state index contributed by atoms with van der Waals surface area (Å²) in [4.78, 5) is 57.7. The Morgan fingerprint density at radius 3 is 2.27 bits per heavy atom. The van der Waals surface area contributed by atoms with Gasteiger partial charge in [-0.15, -0.1) is 23.2 Å². The Balaban J connectivity index is 1.13. The topological polar surface area (TPSA) is 111 Å². The normalized spacial score (nSPS) is 32.0. The van der Waals surface area contributed by atoms with Crippen LogP contribution < -0.4 is 4.90 Å². The van der Waals surface area contributed by atoms with Gasteiger partial charge in [0.25, 0.3) is 11.8 Å². The number of nitrogens with zero attached hydrogens (tertiary/aromatic N) is 3. The molecule has 4 amide bonds. The highest BCUT2D eigenvalue weighted by atomic mass is 35.5. The molecule has 6 unspecified atom stereocenters. The predicted molar refractivity (Wildman–Crippen MR) is 178 cm³/mol. The number of aliphatic hydroxyl groups is 1. The van der Waals surface area contributed by atoms with Crippen LogP contribution in [0.2, 0.25) is 0 Å². The molecule has 4 fully saturated rings. The first-order valence-electron chi connectivity index (χ1n) is 16.6. The summed E-state index contributed by atoms with van der Waals surface area (Å²) in [5, 5.41) is 9.80. The van der Waals surface area contributed by atoms with E-state index < -0.39 is 57.7 Å². The number of imide groups is 2. The number of hydrogen-bond acceptors (Lipinski definition) is 7. The zero-order valence-corrected chi connectivity index (χ0v) is 27.9. The number of furan rings is 1. The van der Waals surface area contributed by atoms with Crippen molar-refractivity contribution in [3.63, 3.8) is 0 Å². The summed E-state index contributed by atoms with van der Waals surface area (Å²) in [7, 11) is 0. The molecule has 0 radical (unpaired) electrons. The molecule has 3 aromatic rings. The first-order valence-corrected chi connectivity index (χ1v) is 17.4. The number of anilines is 1. The Hall–Kier alpha value is -3.83. The van der Waals surface area contributed by atoms with Crippen LogP contribution in [0, 0.1) is 23.6 Å². The number of allylic oxidation sites excluding steroid dienone is 2. The van der Waals surface area contributed by atoms with Gasteiger partial charge in [0, 0.05) is 25.7 Å². The number of benzene rings is 2. The van der Waals surface area contributed by atoms with Crippen molar-refractivity contribution < 1.29 is 33.1 Å². The fourth-order valence-corrected chi connectivity index (χ4v) is 9.82. The van der Waals surface area contributed by atoms with E-state index in [-0.39, 0.29) is 47.9 Å². The Morgan fingerprint density at radius 1 is 0.878 bits per heavy atom. The maximum atomic E-state index is 14.4. The SMILES string of the molecule is O=C1C2CC=C3C(CC4(Cl)C(=O)N(c5ccc(F)cc5)C(=O)C4(Cl)C3c3ccc(CO)o3)C2C(=O)N1C1CCN(Cc2ccccc2)CC1. The van der Waals surface area contributed by atoms with Crippen molar-refractivity contribution in [3.05, 3.63) is 101 Å². The highest BCUT2D eigenvalue weighted by Gasteiger charge is 2.77. The van der Waals surface area contributed by atoms with E-state index in [2.05, 4.69) is 17.0 Å². The quantitative estimate of drug-likeness (QED) is 0.215. The van der Waals surface area contributed by atoms with Gasteiger partial charge in [-0.3, -0.25) is 29.0 Å². The van der Waals surface area contributed by atoms with Crippen LogP contribution in [0.3, 0.4) is 0 Å². The van der Waals surface area contributed by atoms with Gasteiger partial charge in [-0.1, -0.05) is 42.0 Å². The van der Waals surface area contributed by atoms with Gasteiger partial charge in [0.05, 0.1) is 23.4 Å². The average molecular weight is 707 g/mol. The van der Waals surface area contributed by atoms with Gasteiger partial charge in [0.2, 0.25) is 11.8 Å². The minimum absolute atomic E-state index is 0.104. The molecule has 6 atom stereocenters. The molecule has 12 heteroatoms. The molecule has 1 N–H and O–H groups in total. The van der Waals surface area contributed by atoms with Crippen LogP contribution in [0.25, 0.3) is 0 Å². The zero-order valence-electron chi connectivity index (χ0n) is 26.4. The van der Waals surface area contributed by atoms with E-state index >= 15 is 0 Å². The van der Waals surface area contributed by atoms with Crippen molar-refractivity contribution in [2.75, 3.05) is 18.0 Å². The summed E-state index contributed by atoms with van der Waals surface area (Å²) in [6, 6.07) is 17.9. The molecule has 3 aliphatic heterocycles. The van der Waals surface area contributed by atoms with Crippen molar-refractivity contribution in [3.8, 4) is 0 Å². The number of hydrogen-bond donors (Lipinski definition) is 1. The summed E-state index contributed by atoms with van der Waals surface area (Å²) in [6.45, 7) is 1.86. The molecule has 8 rings (SSSR count). The first-order chi connectivity index (χ1) is 23.6. The van der Waals surface area contributed by atoms with E-state index in [1.54, 1.807) is 12.1 Å². The summed E-state index contributed by atoms with van der Waals surface area (Å²) in [5.41, 5.74) is 1.91. The summed E-state index contributed by atoms with van der Waals surface area (Å²) in [5.74, 6) is -5.46. The number of carbonyl (C=O) groups is 4. The summed E-state index contributed by atoms with van der Waals surface area (Å²) >= 11 is 14.7. The third-order valence-electron chi connectivity index (χ3n) is 11.2. The van der Waals surface area contributed by atoms with Crippen LogP contribution in [0.4, 0.5) is 10.1 Å². The van der Waals surface area contributed by atoms with Crippen molar-refractivity contribution in [2.24, 2.45) is 17.8 Å². The fourth-order valence-electron chi connectivity index (χ4n) is 8.91. The van der Waals surface area contributed by atoms with E-state index in [1.807, 2.05) is 24.3 Å². The lowest BCUT2D eigenvalue weighted by Gasteiger charge is -2.49. The number of fused-ring (bicyclic) bond motifs is 4. The second kappa shape index (κ2) is 11.9. The second-order valence-electron chi connectivity index (χ2n) is 13.8. The third kappa shape index (κ3) is 4.78. The minimum Gasteiger partial charge on any atom is -0.463 e. The van der Waals surface area contributed by atoms with Gasteiger partial charge in [-0.2, -0.15) is 0 Å². The van der Waals surface area contributed by atoms with Gasteiger partial charge < -0.3 is 9.52 Å². The van der Waals surface area contributed by atoms with E-state index in [1.165, 1.54) is 22.6 Å². The average Bonchev–Trinajstić information content (AvgIpc) is 3.72. The Morgan fingerprint density at radius 2 is 1.59 bits per heavy atom. The largest absolute Gasteiger partial charge is 0.463 e. The molecular weight excluding hydrogens is 672 g/mol. The molecule has 1 saturated carbocycles. The number of aliphatic hydroxyl groups excluding tert-OH is 1. The molecule has 2 aromatic carbocycles. The van der Waals surface area contributed by atoms with Gasteiger partial charge >= 0.3 is 0 Å². The maximum Gasteiger partial charge on any atom is 0.258 e. The summed E-state index contributed by atoms with van der Waals surface area (Å²) in [6.07, 6.45) is 3.24. The monoisotopic (exact) mass is 705 g/mol. The van der Waals surface area contributed by atoms with Gasteiger partial charge in [0.15, 0.2) is 9.75 Å². The minimum atomic E-state index is -2.09. The molecule has 1 aromatic heterocycles. The molecule has 0 spiro atoms. The Kier molecular flexibility index (Phi) is 7.86. The number of carbonyl (C=O) groups excluding carboxylic acids is 4. The predicted octanol–water partition coefficient (Wildman–Crippen LogP) is 5.14. The molecule has 0 bridgehead atoms. The van der Waals surface area contributed by atoms with Crippen molar-refractivity contribution in [1.82, 2.24) is 9.80 Å². The van der Waals surface area contributed by atoms with Crippen molar-refractivity contribution in [1.29, 1.82) is 0 Å². The van der Waals surface area contributed by atoms with Crippen molar-refractivity contribution in [2.45, 2.75) is 60.5 Å². The van der Waals surface area contributed by atoms with Gasteiger partial charge in [0.1, 0.15) is 23.9 Å². The molecule has 5 aliphatic rings. The smallest absolute Gasteiger partial charge is 0.258 e. The molecule has 2 aliphatic carbocycles. The fraction of sp³-hybridized carbons (Fsp3) is 0.405. The first kappa shape index (κ1) is 32.4. The Bertz CT molecular complexity index is 1880. The number of alkyl halides is 2. The van der Waals surface area contributed by atoms with Crippen LogP contribution in [-0.4, -0.2) is 67.4 Å². The van der Waals surface area contributed by atoms with Crippen LogP contribution >= 0.6 is 23.2 Å². The van der Waals surface area contributed by atoms with E-state index in [4.69, 9.17) is 27.6 Å². The molecule has 254 valence electrons. The number of likely N-dealkylation sites (tertiary alicyclic amines) is 2. The highest BCUT2D eigenvalue weighted by Crippen LogP contribution is 2.66. The lowest BCUT2D eigenvalue weighted by atomic mass is 9.57. The van der Waals surface area contributed by atoms with E-state index in [0.29, 0.717) is 18.4 Å². The van der Waals surface area contributed by atoms with Gasteiger partial charge in [-0.25, -0.2) is 9.29 Å². The van der Waals surface area contributed by atoms with Crippen LogP contribution in [0.15, 0.2) is 82.8 Å². The number of halogens is 3.